The predicted molar refractivity (Wildman–Crippen MR) is 119 cm³/mol. The molecule has 1 aliphatic heterocycles. The van der Waals surface area contributed by atoms with E-state index < -0.39 is 0 Å². The molecule has 1 amide bonds. The molecule has 1 saturated heterocycles. The first-order chi connectivity index (χ1) is 14.7. The van der Waals surface area contributed by atoms with Crippen molar-refractivity contribution in [2.45, 2.75) is 25.4 Å². The van der Waals surface area contributed by atoms with Gasteiger partial charge in [-0.2, -0.15) is 0 Å². The van der Waals surface area contributed by atoms with Gasteiger partial charge in [0.1, 0.15) is 10.8 Å². The van der Waals surface area contributed by atoms with E-state index in [0.29, 0.717) is 0 Å². The minimum Gasteiger partial charge on any atom is -0.350 e. The predicted octanol–water partition coefficient (Wildman–Crippen LogP) is 4.74. The first-order valence-electron chi connectivity index (χ1n) is 10.1. The molecular formula is C24H24FN3OS. The molecule has 0 aliphatic carbocycles. The monoisotopic (exact) mass is 421 g/mol. The maximum Gasteiger partial charge on any atom is 0.244 e. The molecule has 4 nitrogen and oxygen atoms in total. The van der Waals surface area contributed by atoms with Crippen molar-refractivity contribution in [3.05, 3.63) is 83.1 Å². The smallest absolute Gasteiger partial charge is 0.244 e. The fraction of sp³-hybridized carbons (Fsp3) is 0.250. The Labute approximate surface area is 180 Å². The second kappa shape index (κ2) is 9.78. The largest absolute Gasteiger partial charge is 0.350 e. The van der Waals surface area contributed by atoms with Crippen LogP contribution in [0.5, 0.6) is 0 Å². The van der Waals surface area contributed by atoms with Gasteiger partial charge in [0.05, 0.1) is 5.69 Å². The van der Waals surface area contributed by atoms with Gasteiger partial charge in [-0.15, -0.1) is 11.3 Å². The van der Waals surface area contributed by atoms with Crippen molar-refractivity contribution in [2.24, 2.45) is 0 Å². The minimum atomic E-state index is -0.266. The van der Waals surface area contributed by atoms with E-state index in [1.165, 1.54) is 29.0 Å². The van der Waals surface area contributed by atoms with Gasteiger partial charge in [-0.25, -0.2) is 9.37 Å². The Morgan fingerprint density at radius 1 is 1.13 bits per heavy atom. The number of piperidine rings is 1. The van der Waals surface area contributed by atoms with E-state index in [9.17, 15) is 9.18 Å². The number of likely N-dealkylation sites (tertiary alicyclic amines) is 1. The van der Waals surface area contributed by atoms with Crippen LogP contribution in [-0.4, -0.2) is 34.9 Å². The van der Waals surface area contributed by atoms with Crippen molar-refractivity contribution in [3.8, 4) is 10.6 Å². The molecule has 6 heteroatoms. The second-order valence-electron chi connectivity index (χ2n) is 7.46. The number of aromatic nitrogens is 1. The second-order valence-corrected chi connectivity index (χ2v) is 8.32. The maximum absolute atomic E-state index is 13.1. The van der Waals surface area contributed by atoms with Gasteiger partial charge in [-0.1, -0.05) is 30.3 Å². The Morgan fingerprint density at radius 3 is 2.60 bits per heavy atom. The summed E-state index contributed by atoms with van der Waals surface area (Å²) in [6, 6.07) is 16.9. The standard InChI is InChI=1S/C24H24FN3OS/c25-20-8-6-19(7-9-20)24-27-22(17-30-24)10-11-23(29)26-21-12-14-28(15-13-21)16-18-4-2-1-3-5-18/h1-11,17,21H,12-16H2,(H,26,29)/b11-10+. The number of carbonyl (C=O) groups excluding carboxylic acids is 1. The van der Waals surface area contributed by atoms with Crippen LogP contribution in [0, 0.1) is 5.82 Å². The maximum atomic E-state index is 13.1. The number of nitrogens with one attached hydrogen (secondary N) is 1. The Morgan fingerprint density at radius 2 is 1.87 bits per heavy atom. The van der Waals surface area contributed by atoms with E-state index in [1.54, 1.807) is 24.3 Å². The van der Waals surface area contributed by atoms with E-state index in [0.717, 1.165) is 48.7 Å². The molecule has 0 atom stereocenters. The van der Waals surface area contributed by atoms with E-state index in [2.05, 4.69) is 39.5 Å². The Balaban J connectivity index is 1.24. The number of thiazole rings is 1. The number of benzene rings is 2. The molecule has 0 saturated carbocycles. The van der Waals surface area contributed by atoms with Gasteiger partial charge in [0, 0.05) is 42.7 Å². The SMILES string of the molecule is O=C(/C=C/c1csc(-c2ccc(F)cc2)n1)NC1CCN(Cc2ccccc2)CC1. The number of amides is 1. The minimum absolute atomic E-state index is 0.0900. The molecule has 2 aromatic carbocycles. The van der Waals surface area contributed by atoms with Crippen LogP contribution in [0.25, 0.3) is 16.6 Å². The van der Waals surface area contributed by atoms with E-state index in [4.69, 9.17) is 0 Å². The van der Waals surface area contributed by atoms with Crippen LogP contribution in [0.4, 0.5) is 4.39 Å². The summed E-state index contributed by atoms with van der Waals surface area (Å²) in [5.74, 6) is -0.356. The third kappa shape index (κ3) is 5.62. The fourth-order valence-corrected chi connectivity index (χ4v) is 4.37. The Hall–Kier alpha value is -2.83. The number of hydrogen-bond donors (Lipinski definition) is 1. The van der Waals surface area contributed by atoms with Gasteiger partial charge in [0.25, 0.3) is 0 Å². The molecule has 1 aliphatic rings. The Kier molecular flexibility index (Phi) is 6.67. The highest BCUT2D eigenvalue weighted by atomic mass is 32.1. The lowest BCUT2D eigenvalue weighted by molar-refractivity contribution is -0.117. The van der Waals surface area contributed by atoms with Crippen LogP contribution in [0.15, 0.2) is 66.1 Å². The molecular weight excluding hydrogens is 397 g/mol. The van der Waals surface area contributed by atoms with Crippen LogP contribution < -0.4 is 5.32 Å². The van der Waals surface area contributed by atoms with Gasteiger partial charge in [-0.3, -0.25) is 9.69 Å². The molecule has 0 spiro atoms. The molecule has 30 heavy (non-hydrogen) atoms. The van der Waals surface area contributed by atoms with Crippen molar-refractivity contribution < 1.29 is 9.18 Å². The molecule has 0 unspecified atom stereocenters. The zero-order valence-corrected chi connectivity index (χ0v) is 17.4. The molecule has 0 bridgehead atoms. The van der Waals surface area contributed by atoms with Gasteiger partial charge >= 0.3 is 0 Å². The van der Waals surface area contributed by atoms with E-state index in [1.807, 2.05) is 11.4 Å². The highest BCUT2D eigenvalue weighted by Gasteiger charge is 2.20. The molecule has 2 heterocycles. The van der Waals surface area contributed by atoms with Crippen LogP contribution in [0.1, 0.15) is 24.1 Å². The lowest BCUT2D eigenvalue weighted by atomic mass is 10.0. The summed E-state index contributed by atoms with van der Waals surface area (Å²) in [5.41, 5.74) is 2.92. The lowest BCUT2D eigenvalue weighted by Crippen LogP contribution is -2.43. The summed E-state index contributed by atoms with van der Waals surface area (Å²) in [6.45, 7) is 2.93. The zero-order chi connectivity index (χ0) is 20.8. The number of halogens is 1. The van der Waals surface area contributed by atoms with Crippen LogP contribution >= 0.6 is 11.3 Å². The summed E-state index contributed by atoms with van der Waals surface area (Å²) in [6.07, 6.45) is 5.18. The van der Waals surface area contributed by atoms with Gasteiger partial charge in [0.2, 0.25) is 5.91 Å². The quantitative estimate of drug-likeness (QED) is 0.585. The first kappa shape index (κ1) is 20.4. The van der Waals surface area contributed by atoms with Crippen LogP contribution in [0.2, 0.25) is 0 Å². The normalized spacial score (nSPS) is 15.5. The molecule has 3 aromatic rings. The van der Waals surface area contributed by atoms with Gasteiger partial charge in [0.15, 0.2) is 0 Å². The first-order valence-corrected chi connectivity index (χ1v) is 11.0. The Bertz CT molecular complexity index is 993. The van der Waals surface area contributed by atoms with E-state index in [-0.39, 0.29) is 17.8 Å². The van der Waals surface area contributed by atoms with Crippen molar-refractivity contribution in [1.82, 2.24) is 15.2 Å². The molecule has 154 valence electrons. The summed E-state index contributed by atoms with van der Waals surface area (Å²) < 4.78 is 13.1. The highest BCUT2D eigenvalue weighted by molar-refractivity contribution is 7.13. The lowest BCUT2D eigenvalue weighted by Gasteiger charge is -2.32. The topological polar surface area (TPSA) is 45.2 Å². The summed E-state index contributed by atoms with van der Waals surface area (Å²) in [4.78, 5) is 19.2. The number of hydrogen-bond acceptors (Lipinski definition) is 4. The van der Waals surface area contributed by atoms with Crippen molar-refractivity contribution in [3.63, 3.8) is 0 Å². The highest BCUT2D eigenvalue weighted by Crippen LogP contribution is 2.24. The average molecular weight is 422 g/mol. The fourth-order valence-electron chi connectivity index (χ4n) is 3.58. The molecule has 0 radical (unpaired) electrons. The number of rotatable bonds is 6. The van der Waals surface area contributed by atoms with Gasteiger partial charge in [-0.05, 0) is 48.7 Å². The van der Waals surface area contributed by atoms with E-state index >= 15 is 0 Å². The van der Waals surface area contributed by atoms with Crippen LogP contribution in [-0.2, 0) is 11.3 Å². The van der Waals surface area contributed by atoms with Crippen molar-refractivity contribution in [2.75, 3.05) is 13.1 Å². The van der Waals surface area contributed by atoms with Crippen molar-refractivity contribution in [1.29, 1.82) is 0 Å². The van der Waals surface area contributed by atoms with Gasteiger partial charge < -0.3 is 5.32 Å². The number of nitrogens with zero attached hydrogens (tertiary/aromatic N) is 2. The molecule has 1 fully saturated rings. The third-order valence-electron chi connectivity index (χ3n) is 5.20. The average Bonchev–Trinajstić information content (AvgIpc) is 3.24. The molecule has 4 rings (SSSR count). The van der Waals surface area contributed by atoms with Crippen molar-refractivity contribution >= 4 is 23.3 Å². The summed E-state index contributed by atoms with van der Waals surface area (Å²) in [5, 5.41) is 5.80. The summed E-state index contributed by atoms with van der Waals surface area (Å²) >= 11 is 1.47. The zero-order valence-electron chi connectivity index (χ0n) is 16.6. The third-order valence-corrected chi connectivity index (χ3v) is 6.11. The van der Waals surface area contributed by atoms with Crippen LogP contribution in [0.3, 0.4) is 0 Å². The summed E-state index contributed by atoms with van der Waals surface area (Å²) in [7, 11) is 0. The molecule has 1 aromatic heterocycles. The number of carbonyl (C=O) groups is 1. The molecule has 1 N–H and O–H groups in total.